The van der Waals surface area contributed by atoms with Crippen molar-refractivity contribution in [2.45, 2.75) is 13.8 Å². The number of allylic oxidation sites excluding steroid dienone is 4. The maximum atomic E-state index is 12.0. The minimum absolute atomic E-state index is 0.268. The first kappa shape index (κ1) is 21.5. The van der Waals surface area contributed by atoms with Gasteiger partial charge >= 0.3 is 0 Å². The Hall–Kier alpha value is -3.16. The van der Waals surface area contributed by atoms with Gasteiger partial charge in [-0.3, -0.25) is 9.35 Å². The maximum Gasteiger partial charge on any atom is 0.295 e. The van der Waals surface area contributed by atoms with E-state index in [9.17, 15) is 17.8 Å². The second kappa shape index (κ2) is 9.11. The van der Waals surface area contributed by atoms with Crippen LogP contribution in [0.4, 0.5) is 11.4 Å². The molecule has 2 aromatic carbocycles. The zero-order chi connectivity index (χ0) is 21.7. The van der Waals surface area contributed by atoms with E-state index in [2.05, 4.69) is 10.6 Å². The maximum absolute atomic E-state index is 12.0. The smallest absolute Gasteiger partial charge is 0.295 e. The molecule has 7 heteroatoms. The van der Waals surface area contributed by atoms with Crippen LogP contribution in [0.25, 0.3) is 5.57 Å². The Labute approximate surface area is 176 Å². The molecule has 156 valence electrons. The third-order valence-electron chi connectivity index (χ3n) is 4.61. The molecule has 0 radical (unpaired) electrons. The van der Waals surface area contributed by atoms with Gasteiger partial charge in [0, 0.05) is 36.1 Å². The van der Waals surface area contributed by atoms with Crippen LogP contribution in [0.5, 0.6) is 0 Å². The lowest BCUT2D eigenvalue weighted by atomic mass is 9.90. The normalized spacial score (nSPS) is 13.8. The first-order valence-electron chi connectivity index (χ1n) is 9.68. The molecule has 0 amide bonds. The molecular formula is C23H24N2O4S. The number of carbonyl (C=O) groups excluding carboxylic acids is 1. The van der Waals surface area contributed by atoms with Crippen LogP contribution in [0, 0.1) is 0 Å². The first-order chi connectivity index (χ1) is 14.3. The van der Waals surface area contributed by atoms with Crippen molar-refractivity contribution in [2.24, 2.45) is 0 Å². The largest absolute Gasteiger partial charge is 0.385 e. The number of nitrogens with one attached hydrogen (secondary N) is 2. The van der Waals surface area contributed by atoms with Crippen LogP contribution in [0.3, 0.4) is 0 Å². The zero-order valence-electron chi connectivity index (χ0n) is 16.8. The van der Waals surface area contributed by atoms with E-state index in [4.69, 9.17) is 0 Å². The van der Waals surface area contributed by atoms with E-state index in [0.717, 1.165) is 41.7 Å². The fraction of sp³-hybridized carbons (Fsp3) is 0.174. The van der Waals surface area contributed by atoms with Gasteiger partial charge in [0.05, 0.1) is 0 Å². The average molecular weight is 425 g/mol. The van der Waals surface area contributed by atoms with E-state index in [1.807, 2.05) is 62.4 Å². The minimum atomic E-state index is -4.60. The molecule has 2 aromatic rings. The SMILES string of the molecule is CCNc1ccc(C(=C2C=CC(=O)C=C2S(=O)(=O)O)c2ccc(NCC)cc2)cc1. The Morgan fingerprint density at radius 2 is 1.30 bits per heavy atom. The van der Waals surface area contributed by atoms with Gasteiger partial charge in [-0.2, -0.15) is 8.42 Å². The highest BCUT2D eigenvalue weighted by atomic mass is 32.2. The van der Waals surface area contributed by atoms with Gasteiger partial charge in [0.2, 0.25) is 0 Å². The summed E-state index contributed by atoms with van der Waals surface area (Å²) in [6.07, 6.45) is 3.69. The van der Waals surface area contributed by atoms with Crippen molar-refractivity contribution in [3.8, 4) is 0 Å². The standard InChI is InChI=1S/C23H24N2O4S/c1-3-24-18-9-5-16(6-10-18)23(17-7-11-19(12-8-17)25-4-2)21-14-13-20(26)15-22(21)30(27,28)29/h5-15,24-25H,3-4H2,1-2H3,(H,27,28,29). The monoisotopic (exact) mass is 424 g/mol. The summed E-state index contributed by atoms with van der Waals surface area (Å²) in [6, 6.07) is 15.1. The fourth-order valence-corrected chi connectivity index (χ4v) is 4.03. The molecule has 0 fully saturated rings. The van der Waals surface area contributed by atoms with E-state index in [1.165, 1.54) is 12.2 Å². The number of hydrogen-bond donors (Lipinski definition) is 3. The van der Waals surface area contributed by atoms with E-state index >= 15 is 0 Å². The number of hydrogen-bond acceptors (Lipinski definition) is 5. The van der Waals surface area contributed by atoms with Crippen LogP contribution in [0.15, 0.2) is 77.2 Å². The van der Waals surface area contributed by atoms with Gasteiger partial charge in [0.25, 0.3) is 10.1 Å². The minimum Gasteiger partial charge on any atom is -0.385 e. The molecule has 0 heterocycles. The third-order valence-corrected chi connectivity index (χ3v) is 5.50. The summed E-state index contributed by atoms with van der Waals surface area (Å²) < 4.78 is 33.8. The van der Waals surface area contributed by atoms with Gasteiger partial charge in [0.15, 0.2) is 5.78 Å². The molecule has 0 aromatic heterocycles. The fourth-order valence-electron chi connectivity index (χ4n) is 3.32. The topological polar surface area (TPSA) is 95.5 Å². The number of ketones is 1. The predicted octanol–water partition coefficient (Wildman–Crippen LogP) is 4.26. The van der Waals surface area contributed by atoms with E-state index in [1.54, 1.807) is 0 Å². The Kier molecular flexibility index (Phi) is 6.54. The van der Waals surface area contributed by atoms with Crippen LogP contribution in [0.1, 0.15) is 25.0 Å². The molecule has 0 saturated heterocycles. The van der Waals surface area contributed by atoms with Crippen molar-refractivity contribution < 1.29 is 17.8 Å². The van der Waals surface area contributed by atoms with Crippen LogP contribution in [-0.2, 0) is 14.9 Å². The summed E-state index contributed by atoms with van der Waals surface area (Å²) in [5.41, 5.74) is 4.27. The lowest BCUT2D eigenvalue weighted by Gasteiger charge is -2.18. The van der Waals surface area contributed by atoms with Crippen molar-refractivity contribution >= 4 is 32.8 Å². The summed E-state index contributed by atoms with van der Waals surface area (Å²) >= 11 is 0. The van der Waals surface area contributed by atoms with Gasteiger partial charge < -0.3 is 10.6 Å². The first-order valence-corrected chi connectivity index (χ1v) is 11.1. The number of anilines is 2. The highest BCUT2D eigenvalue weighted by molar-refractivity contribution is 7.90. The highest BCUT2D eigenvalue weighted by Crippen LogP contribution is 2.35. The van der Waals surface area contributed by atoms with Crippen LogP contribution in [-0.4, -0.2) is 31.8 Å². The molecule has 0 unspecified atom stereocenters. The van der Waals surface area contributed by atoms with Gasteiger partial charge in [-0.15, -0.1) is 0 Å². The second-order valence-corrected chi connectivity index (χ2v) is 8.11. The molecule has 0 spiro atoms. The Bertz CT molecular complexity index is 1080. The van der Waals surface area contributed by atoms with Crippen molar-refractivity contribution in [1.29, 1.82) is 0 Å². The van der Waals surface area contributed by atoms with Crippen molar-refractivity contribution in [3.05, 3.63) is 88.4 Å². The van der Waals surface area contributed by atoms with Gasteiger partial charge in [-0.25, -0.2) is 0 Å². The average Bonchev–Trinajstić information content (AvgIpc) is 2.71. The number of rotatable bonds is 7. The van der Waals surface area contributed by atoms with E-state index < -0.39 is 20.8 Å². The van der Waals surface area contributed by atoms with Crippen LogP contribution in [0.2, 0.25) is 0 Å². The molecule has 3 N–H and O–H groups in total. The van der Waals surface area contributed by atoms with Gasteiger partial charge in [0.1, 0.15) is 4.91 Å². The van der Waals surface area contributed by atoms with Crippen LogP contribution >= 0.6 is 0 Å². The van der Waals surface area contributed by atoms with E-state index in [-0.39, 0.29) is 5.57 Å². The van der Waals surface area contributed by atoms with Crippen LogP contribution < -0.4 is 10.6 Å². The quantitative estimate of drug-likeness (QED) is 0.575. The van der Waals surface area contributed by atoms with Gasteiger partial charge in [-0.05, 0) is 67.0 Å². The molecular weight excluding hydrogens is 400 g/mol. The lowest BCUT2D eigenvalue weighted by molar-refractivity contribution is -0.110. The predicted molar refractivity (Wildman–Crippen MR) is 121 cm³/mol. The Morgan fingerprint density at radius 1 is 0.833 bits per heavy atom. The molecule has 1 aliphatic carbocycles. The molecule has 0 bridgehead atoms. The summed E-state index contributed by atoms with van der Waals surface area (Å²) in [6.45, 7) is 5.56. The molecule has 30 heavy (non-hydrogen) atoms. The van der Waals surface area contributed by atoms with Crippen molar-refractivity contribution in [1.82, 2.24) is 0 Å². The molecule has 3 rings (SSSR count). The second-order valence-electron chi connectivity index (χ2n) is 6.72. The summed E-state index contributed by atoms with van der Waals surface area (Å²) in [5.74, 6) is -0.490. The van der Waals surface area contributed by atoms with Gasteiger partial charge in [-0.1, -0.05) is 24.3 Å². The summed E-state index contributed by atoms with van der Waals surface area (Å²) in [5, 5.41) is 6.45. The Morgan fingerprint density at radius 3 is 1.70 bits per heavy atom. The number of carbonyl (C=O) groups is 1. The molecule has 0 aliphatic heterocycles. The molecule has 0 atom stereocenters. The number of benzene rings is 2. The zero-order valence-corrected chi connectivity index (χ0v) is 17.7. The van der Waals surface area contributed by atoms with E-state index in [0.29, 0.717) is 5.57 Å². The van der Waals surface area contributed by atoms with Crippen molar-refractivity contribution in [2.75, 3.05) is 23.7 Å². The molecule has 1 aliphatic rings. The summed E-state index contributed by atoms with van der Waals surface area (Å²) in [7, 11) is -4.60. The van der Waals surface area contributed by atoms with Crippen molar-refractivity contribution in [3.63, 3.8) is 0 Å². The molecule has 6 nitrogen and oxygen atoms in total. The lowest BCUT2D eigenvalue weighted by Crippen LogP contribution is -2.11. The third kappa shape index (κ3) is 4.87. The summed E-state index contributed by atoms with van der Waals surface area (Å²) in [4.78, 5) is 11.4. The molecule has 0 saturated carbocycles. The Balaban J connectivity index is 2.23. The highest BCUT2D eigenvalue weighted by Gasteiger charge is 2.25.